The average Bonchev–Trinajstić information content (AvgIpc) is 2.70. The van der Waals surface area contributed by atoms with E-state index >= 15 is 0 Å². The molecule has 2 fully saturated rings. The van der Waals surface area contributed by atoms with Crippen LogP contribution in [0.1, 0.15) is 51.4 Å². The van der Waals surface area contributed by atoms with E-state index in [2.05, 4.69) is 12.4 Å². The monoisotopic (exact) mass is 181 g/mol. The summed E-state index contributed by atoms with van der Waals surface area (Å²) in [5.41, 5.74) is 0. The zero-order chi connectivity index (χ0) is 9.10. The molecule has 0 radical (unpaired) electrons. The second-order valence-corrected chi connectivity index (χ2v) is 4.89. The summed E-state index contributed by atoms with van der Waals surface area (Å²) in [5.74, 6) is 2.08. The van der Waals surface area contributed by atoms with Crippen LogP contribution in [0.4, 0.5) is 0 Å². The fourth-order valence-corrected chi connectivity index (χ4v) is 3.47. The summed E-state index contributed by atoms with van der Waals surface area (Å²) >= 11 is 0. The lowest BCUT2D eigenvalue weighted by Crippen LogP contribution is -2.39. The molecule has 1 N–H and O–H groups in total. The second-order valence-electron chi connectivity index (χ2n) is 4.89. The van der Waals surface area contributed by atoms with Crippen molar-refractivity contribution in [2.24, 2.45) is 11.8 Å². The van der Waals surface area contributed by atoms with E-state index in [1.807, 2.05) is 0 Å². The molecular weight excluding hydrogens is 158 g/mol. The van der Waals surface area contributed by atoms with Crippen molar-refractivity contribution in [2.45, 2.75) is 57.4 Å². The summed E-state index contributed by atoms with van der Waals surface area (Å²) in [4.78, 5) is 0. The Morgan fingerprint density at radius 2 is 1.46 bits per heavy atom. The van der Waals surface area contributed by atoms with Crippen LogP contribution in [0.5, 0.6) is 0 Å². The molecule has 2 aliphatic rings. The zero-order valence-electron chi connectivity index (χ0n) is 8.89. The SMILES string of the molecule is CNC1CCCCC1C1CCCC1. The summed E-state index contributed by atoms with van der Waals surface area (Å²) in [6.07, 6.45) is 11.9. The molecule has 2 atom stereocenters. The summed E-state index contributed by atoms with van der Waals surface area (Å²) in [6, 6.07) is 0.844. The molecule has 0 saturated heterocycles. The second kappa shape index (κ2) is 4.45. The maximum Gasteiger partial charge on any atom is 0.00949 e. The van der Waals surface area contributed by atoms with Gasteiger partial charge in [0.05, 0.1) is 0 Å². The van der Waals surface area contributed by atoms with Crippen LogP contribution < -0.4 is 5.32 Å². The molecule has 2 rings (SSSR count). The van der Waals surface area contributed by atoms with Crippen LogP contribution in [0, 0.1) is 11.8 Å². The van der Waals surface area contributed by atoms with Crippen molar-refractivity contribution in [1.29, 1.82) is 0 Å². The molecule has 0 aliphatic heterocycles. The minimum absolute atomic E-state index is 0.844. The van der Waals surface area contributed by atoms with Crippen molar-refractivity contribution in [3.8, 4) is 0 Å². The van der Waals surface area contributed by atoms with Gasteiger partial charge in [-0.3, -0.25) is 0 Å². The van der Waals surface area contributed by atoms with Gasteiger partial charge >= 0.3 is 0 Å². The maximum atomic E-state index is 3.53. The van der Waals surface area contributed by atoms with E-state index in [1.165, 1.54) is 51.4 Å². The Morgan fingerprint density at radius 3 is 2.15 bits per heavy atom. The number of rotatable bonds is 2. The molecule has 1 heteroatoms. The molecule has 2 saturated carbocycles. The quantitative estimate of drug-likeness (QED) is 0.690. The van der Waals surface area contributed by atoms with Gasteiger partial charge in [-0.2, -0.15) is 0 Å². The minimum Gasteiger partial charge on any atom is -0.317 e. The van der Waals surface area contributed by atoms with Gasteiger partial charge in [-0.25, -0.2) is 0 Å². The first-order chi connectivity index (χ1) is 6.42. The Kier molecular flexibility index (Phi) is 3.26. The maximum absolute atomic E-state index is 3.53. The standard InChI is InChI=1S/C12H23N/c1-13-12-9-5-4-8-11(12)10-6-2-3-7-10/h10-13H,2-9H2,1H3. The molecule has 0 bridgehead atoms. The highest BCUT2D eigenvalue weighted by Crippen LogP contribution is 2.39. The Labute approximate surface area is 82.3 Å². The molecule has 0 spiro atoms. The normalized spacial score (nSPS) is 36.7. The van der Waals surface area contributed by atoms with Gasteiger partial charge in [-0.1, -0.05) is 38.5 Å². The molecule has 0 aromatic carbocycles. The molecular formula is C12H23N. The van der Waals surface area contributed by atoms with Crippen molar-refractivity contribution < 1.29 is 0 Å². The van der Waals surface area contributed by atoms with E-state index in [4.69, 9.17) is 0 Å². The van der Waals surface area contributed by atoms with Gasteiger partial charge in [-0.05, 0) is 31.7 Å². The first-order valence-corrected chi connectivity index (χ1v) is 6.09. The van der Waals surface area contributed by atoms with Gasteiger partial charge in [0.25, 0.3) is 0 Å². The van der Waals surface area contributed by atoms with Crippen molar-refractivity contribution in [2.75, 3.05) is 7.05 Å². The van der Waals surface area contributed by atoms with Crippen molar-refractivity contribution in [3.05, 3.63) is 0 Å². The van der Waals surface area contributed by atoms with Crippen LogP contribution in [0.25, 0.3) is 0 Å². The van der Waals surface area contributed by atoms with Crippen LogP contribution in [0.2, 0.25) is 0 Å². The Hall–Kier alpha value is -0.0400. The van der Waals surface area contributed by atoms with E-state index in [-0.39, 0.29) is 0 Å². The van der Waals surface area contributed by atoms with Gasteiger partial charge in [-0.15, -0.1) is 0 Å². The highest BCUT2D eigenvalue weighted by Gasteiger charge is 2.32. The largest absolute Gasteiger partial charge is 0.317 e. The predicted molar refractivity (Wildman–Crippen MR) is 56.8 cm³/mol. The first kappa shape index (κ1) is 9.51. The lowest BCUT2D eigenvalue weighted by Gasteiger charge is -2.35. The predicted octanol–water partition coefficient (Wildman–Crippen LogP) is 2.95. The number of hydrogen-bond acceptors (Lipinski definition) is 1. The molecule has 76 valence electrons. The first-order valence-electron chi connectivity index (χ1n) is 6.09. The topological polar surface area (TPSA) is 12.0 Å². The zero-order valence-corrected chi connectivity index (χ0v) is 8.89. The van der Waals surface area contributed by atoms with Crippen LogP contribution in [0.3, 0.4) is 0 Å². The summed E-state index contributed by atoms with van der Waals surface area (Å²) in [6.45, 7) is 0. The van der Waals surface area contributed by atoms with Crippen molar-refractivity contribution >= 4 is 0 Å². The van der Waals surface area contributed by atoms with Crippen LogP contribution >= 0.6 is 0 Å². The highest BCUT2D eigenvalue weighted by molar-refractivity contribution is 4.86. The van der Waals surface area contributed by atoms with Crippen LogP contribution in [-0.4, -0.2) is 13.1 Å². The Balaban J connectivity index is 1.93. The molecule has 2 unspecified atom stereocenters. The van der Waals surface area contributed by atoms with E-state index in [1.54, 1.807) is 0 Å². The molecule has 0 aromatic heterocycles. The smallest absolute Gasteiger partial charge is 0.00949 e. The third-order valence-electron chi connectivity index (χ3n) is 4.20. The van der Waals surface area contributed by atoms with Crippen molar-refractivity contribution in [1.82, 2.24) is 5.32 Å². The average molecular weight is 181 g/mol. The lowest BCUT2D eigenvalue weighted by molar-refractivity contribution is 0.194. The summed E-state index contributed by atoms with van der Waals surface area (Å²) < 4.78 is 0. The van der Waals surface area contributed by atoms with E-state index in [0.717, 1.165) is 17.9 Å². The van der Waals surface area contributed by atoms with Crippen LogP contribution in [-0.2, 0) is 0 Å². The molecule has 2 aliphatic carbocycles. The van der Waals surface area contributed by atoms with Gasteiger partial charge < -0.3 is 5.32 Å². The fraction of sp³-hybridized carbons (Fsp3) is 1.00. The summed E-state index contributed by atoms with van der Waals surface area (Å²) in [5, 5.41) is 3.53. The Morgan fingerprint density at radius 1 is 0.846 bits per heavy atom. The molecule has 0 amide bonds. The number of hydrogen-bond donors (Lipinski definition) is 1. The number of nitrogens with one attached hydrogen (secondary N) is 1. The summed E-state index contributed by atoms with van der Waals surface area (Å²) in [7, 11) is 2.15. The molecule has 0 aromatic rings. The molecule has 13 heavy (non-hydrogen) atoms. The third-order valence-corrected chi connectivity index (χ3v) is 4.20. The van der Waals surface area contributed by atoms with Gasteiger partial charge in [0.15, 0.2) is 0 Å². The van der Waals surface area contributed by atoms with Crippen molar-refractivity contribution in [3.63, 3.8) is 0 Å². The van der Waals surface area contributed by atoms with Gasteiger partial charge in [0, 0.05) is 6.04 Å². The molecule has 0 heterocycles. The lowest BCUT2D eigenvalue weighted by atomic mass is 9.76. The fourth-order valence-electron chi connectivity index (χ4n) is 3.47. The van der Waals surface area contributed by atoms with E-state index in [0.29, 0.717) is 0 Å². The Bertz CT molecular complexity index is 147. The van der Waals surface area contributed by atoms with Crippen LogP contribution in [0.15, 0.2) is 0 Å². The molecule has 1 nitrogen and oxygen atoms in total. The van der Waals surface area contributed by atoms with E-state index in [9.17, 15) is 0 Å². The van der Waals surface area contributed by atoms with Gasteiger partial charge in [0.1, 0.15) is 0 Å². The third kappa shape index (κ3) is 2.07. The van der Waals surface area contributed by atoms with Gasteiger partial charge in [0.2, 0.25) is 0 Å². The van der Waals surface area contributed by atoms with E-state index < -0.39 is 0 Å². The minimum atomic E-state index is 0.844. The highest BCUT2D eigenvalue weighted by atomic mass is 14.9.